The molecule has 1 aliphatic carbocycles. The van der Waals surface area contributed by atoms with Crippen LogP contribution in [0, 0.1) is 0 Å². The molecule has 0 fully saturated rings. The molecule has 0 bridgehead atoms. The molecule has 0 aromatic heterocycles. The molecular formula is C26H26N2. The van der Waals surface area contributed by atoms with Gasteiger partial charge in [-0.05, 0) is 66.4 Å². The Labute approximate surface area is 168 Å². The van der Waals surface area contributed by atoms with Gasteiger partial charge in [0.1, 0.15) is 0 Å². The van der Waals surface area contributed by atoms with Crippen molar-refractivity contribution in [3.05, 3.63) is 103 Å². The van der Waals surface area contributed by atoms with Gasteiger partial charge in [0.15, 0.2) is 0 Å². The minimum Gasteiger partial charge on any atom is -0.345 e. The first kappa shape index (κ1) is 18.1. The summed E-state index contributed by atoms with van der Waals surface area (Å²) in [5.41, 5.74) is 7.32. The molecule has 0 N–H and O–H groups in total. The monoisotopic (exact) mass is 366 g/mol. The van der Waals surface area contributed by atoms with Gasteiger partial charge in [-0.2, -0.15) is 0 Å². The summed E-state index contributed by atoms with van der Waals surface area (Å²) in [4.78, 5) is 4.45. The Morgan fingerprint density at radius 1 is 0.571 bits per heavy atom. The molecule has 4 rings (SSSR count). The molecule has 0 radical (unpaired) electrons. The van der Waals surface area contributed by atoms with Gasteiger partial charge in [0.2, 0.25) is 0 Å². The Bertz CT molecular complexity index is 967. The van der Waals surface area contributed by atoms with E-state index in [4.69, 9.17) is 0 Å². The van der Waals surface area contributed by atoms with Gasteiger partial charge in [-0.25, -0.2) is 0 Å². The SMILES string of the molecule is CN(C1=CCCC=C1)c1ccc(-c2ccc(N(C)c3ccccc3)cc2)cc1. The van der Waals surface area contributed by atoms with Gasteiger partial charge in [-0.1, -0.05) is 54.6 Å². The van der Waals surface area contributed by atoms with Crippen LogP contribution in [0.25, 0.3) is 11.1 Å². The lowest BCUT2D eigenvalue weighted by Crippen LogP contribution is -2.15. The van der Waals surface area contributed by atoms with E-state index in [-0.39, 0.29) is 0 Å². The molecule has 0 saturated heterocycles. The molecule has 3 aromatic carbocycles. The van der Waals surface area contributed by atoms with Crippen molar-refractivity contribution in [2.45, 2.75) is 12.8 Å². The van der Waals surface area contributed by atoms with Crippen molar-refractivity contribution in [2.24, 2.45) is 0 Å². The summed E-state index contributed by atoms with van der Waals surface area (Å²) in [6.07, 6.45) is 9.02. The minimum atomic E-state index is 1.12. The fraction of sp³-hybridized carbons (Fsp3) is 0.154. The summed E-state index contributed by atoms with van der Waals surface area (Å²) < 4.78 is 0. The maximum atomic E-state index is 2.30. The molecule has 2 nitrogen and oxygen atoms in total. The van der Waals surface area contributed by atoms with Crippen LogP contribution in [0.1, 0.15) is 12.8 Å². The first-order valence-electron chi connectivity index (χ1n) is 9.82. The first-order chi connectivity index (χ1) is 13.7. The molecule has 28 heavy (non-hydrogen) atoms. The van der Waals surface area contributed by atoms with Gasteiger partial charge in [0.25, 0.3) is 0 Å². The maximum absolute atomic E-state index is 2.30. The second-order valence-corrected chi connectivity index (χ2v) is 7.16. The Morgan fingerprint density at radius 2 is 1.11 bits per heavy atom. The molecule has 0 spiro atoms. The topological polar surface area (TPSA) is 6.48 Å². The Kier molecular flexibility index (Phi) is 5.29. The zero-order chi connectivity index (χ0) is 19.3. The third-order valence-corrected chi connectivity index (χ3v) is 5.35. The van der Waals surface area contributed by atoms with E-state index in [2.05, 4.69) is 115 Å². The van der Waals surface area contributed by atoms with E-state index in [0.29, 0.717) is 0 Å². The Balaban J connectivity index is 1.50. The van der Waals surface area contributed by atoms with Crippen molar-refractivity contribution in [1.82, 2.24) is 0 Å². The van der Waals surface area contributed by atoms with Crippen molar-refractivity contribution in [3.8, 4) is 11.1 Å². The van der Waals surface area contributed by atoms with Crippen LogP contribution in [0.3, 0.4) is 0 Å². The summed E-state index contributed by atoms with van der Waals surface area (Å²) >= 11 is 0. The third-order valence-electron chi connectivity index (χ3n) is 5.35. The number of allylic oxidation sites excluding steroid dienone is 3. The van der Waals surface area contributed by atoms with Crippen molar-refractivity contribution in [3.63, 3.8) is 0 Å². The highest BCUT2D eigenvalue weighted by Crippen LogP contribution is 2.29. The summed E-state index contributed by atoms with van der Waals surface area (Å²) in [6.45, 7) is 0. The zero-order valence-electron chi connectivity index (χ0n) is 16.5. The van der Waals surface area contributed by atoms with Crippen LogP contribution < -0.4 is 9.80 Å². The molecule has 0 heterocycles. The van der Waals surface area contributed by atoms with Gasteiger partial charge < -0.3 is 9.80 Å². The van der Waals surface area contributed by atoms with Gasteiger partial charge in [0, 0.05) is 36.9 Å². The lowest BCUT2D eigenvalue weighted by Gasteiger charge is -2.22. The van der Waals surface area contributed by atoms with Gasteiger partial charge in [0.05, 0.1) is 0 Å². The van der Waals surface area contributed by atoms with Gasteiger partial charge in [-0.15, -0.1) is 0 Å². The number of nitrogens with zero attached hydrogens (tertiary/aromatic N) is 2. The molecule has 1 aliphatic rings. The van der Waals surface area contributed by atoms with Crippen LogP contribution in [-0.2, 0) is 0 Å². The van der Waals surface area contributed by atoms with Crippen LogP contribution in [0.15, 0.2) is 103 Å². The van der Waals surface area contributed by atoms with Crippen molar-refractivity contribution >= 4 is 17.1 Å². The molecule has 0 saturated carbocycles. The number of likely N-dealkylation sites (N-methyl/N-ethyl adjacent to an activating group) is 1. The smallest absolute Gasteiger partial charge is 0.0408 e. The molecule has 140 valence electrons. The van der Waals surface area contributed by atoms with E-state index < -0.39 is 0 Å². The summed E-state index contributed by atoms with van der Waals surface area (Å²) in [5.74, 6) is 0. The molecular weight excluding hydrogens is 340 g/mol. The Hall–Kier alpha value is -3.26. The van der Waals surface area contributed by atoms with Crippen LogP contribution in [0.5, 0.6) is 0 Å². The maximum Gasteiger partial charge on any atom is 0.0408 e. The van der Waals surface area contributed by atoms with Crippen LogP contribution in [-0.4, -0.2) is 14.1 Å². The summed E-state index contributed by atoms with van der Waals surface area (Å²) in [7, 11) is 4.23. The lowest BCUT2D eigenvalue weighted by atomic mass is 10.0. The number of para-hydroxylation sites is 1. The van der Waals surface area contributed by atoms with Gasteiger partial charge >= 0.3 is 0 Å². The van der Waals surface area contributed by atoms with Crippen molar-refractivity contribution < 1.29 is 0 Å². The van der Waals surface area contributed by atoms with E-state index in [1.54, 1.807) is 0 Å². The normalized spacial score (nSPS) is 13.1. The van der Waals surface area contributed by atoms with E-state index in [0.717, 1.165) is 12.8 Å². The molecule has 0 amide bonds. The molecule has 2 heteroatoms. The number of rotatable bonds is 5. The van der Waals surface area contributed by atoms with Crippen molar-refractivity contribution in [2.75, 3.05) is 23.9 Å². The largest absolute Gasteiger partial charge is 0.345 e. The Morgan fingerprint density at radius 3 is 1.64 bits per heavy atom. The summed E-state index contributed by atoms with van der Waals surface area (Å²) in [5, 5.41) is 0. The zero-order valence-corrected chi connectivity index (χ0v) is 16.5. The van der Waals surface area contributed by atoms with E-state index >= 15 is 0 Å². The number of anilines is 3. The fourth-order valence-electron chi connectivity index (χ4n) is 3.55. The molecule has 0 unspecified atom stereocenters. The number of hydrogen-bond donors (Lipinski definition) is 0. The summed E-state index contributed by atoms with van der Waals surface area (Å²) in [6, 6.07) is 28.0. The predicted octanol–water partition coefficient (Wildman–Crippen LogP) is 6.79. The third kappa shape index (κ3) is 3.86. The van der Waals surface area contributed by atoms with E-state index in [1.807, 2.05) is 6.07 Å². The quantitative estimate of drug-likeness (QED) is 0.490. The molecule has 0 atom stereocenters. The second kappa shape index (κ2) is 8.18. The van der Waals surface area contributed by atoms with Crippen molar-refractivity contribution in [1.29, 1.82) is 0 Å². The predicted molar refractivity (Wildman–Crippen MR) is 121 cm³/mol. The van der Waals surface area contributed by atoms with E-state index in [1.165, 1.54) is 33.9 Å². The highest BCUT2D eigenvalue weighted by molar-refractivity contribution is 5.71. The average Bonchev–Trinajstić information content (AvgIpc) is 2.79. The molecule has 3 aromatic rings. The van der Waals surface area contributed by atoms with Crippen LogP contribution in [0.2, 0.25) is 0 Å². The molecule has 0 aliphatic heterocycles. The number of hydrogen-bond acceptors (Lipinski definition) is 2. The first-order valence-corrected chi connectivity index (χ1v) is 9.82. The van der Waals surface area contributed by atoms with Gasteiger partial charge in [-0.3, -0.25) is 0 Å². The average molecular weight is 367 g/mol. The highest BCUT2D eigenvalue weighted by atomic mass is 15.1. The van der Waals surface area contributed by atoms with Crippen LogP contribution >= 0.6 is 0 Å². The number of benzene rings is 3. The highest BCUT2D eigenvalue weighted by Gasteiger charge is 2.08. The minimum absolute atomic E-state index is 1.12. The fourth-order valence-corrected chi connectivity index (χ4v) is 3.55. The second-order valence-electron chi connectivity index (χ2n) is 7.16. The van der Waals surface area contributed by atoms with E-state index in [9.17, 15) is 0 Å². The lowest BCUT2D eigenvalue weighted by molar-refractivity contribution is 0.984. The standard InChI is InChI=1S/C26H26N2/c1-27(23-9-5-3-6-10-23)25-17-13-21(14-18-25)22-15-19-26(20-16-22)28(2)24-11-7-4-8-12-24/h3,5-7,9-20H,4,8H2,1-2H3. The van der Waals surface area contributed by atoms with Crippen LogP contribution in [0.4, 0.5) is 17.1 Å².